The molecule has 1 aromatic carbocycles. The zero-order chi connectivity index (χ0) is 21.1. The van der Waals surface area contributed by atoms with Crippen molar-refractivity contribution >= 4 is 34.0 Å². The molecule has 0 fully saturated rings. The summed E-state index contributed by atoms with van der Waals surface area (Å²) in [4.78, 5) is 43.7. The lowest BCUT2D eigenvalue weighted by Crippen LogP contribution is -2.42. The lowest BCUT2D eigenvalue weighted by molar-refractivity contribution is -0.116. The molecular weight excluding hydrogens is 404 g/mol. The highest BCUT2D eigenvalue weighted by atomic mass is 32.1. The van der Waals surface area contributed by atoms with Crippen molar-refractivity contribution in [2.45, 2.75) is 13.1 Å². The molecule has 0 atom stereocenters. The Bertz CT molecular complexity index is 1330. The number of thiophene rings is 1. The molecule has 1 amide bonds. The SMILES string of the molecule is COc1cccc(NC(=O)Cn2c(=O)n(Cc3cccs3)c(=O)c3ncccc32)c1. The predicted octanol–water partition coefficient (Wildman–Crippen LogP) is 2.32. The lowest BCUT2D eigenvalue weighted by Gasteiger charge is -2.13. The first kappa shape index (κ1) is 19.6. The summed E-state index contributed by atoms with van der Waals surface area (Å²) >= 11 is 1.45. The van der Waals surface area contributed by atoms with E-state index in [2.05, 4.69) is 10.3 Å². The van der Waals surface area contributed by atoms with Crippen LogP contribution in [0.25, 0.3) is 11.0 Å². The van der Waals surface area contributed by atoms with Gasteiger partial charge in [0.05, 0.1) is 19.2 Å². The molecule has 0 bridgehead atoms. The molecule has 4 aromatic rings. The van der Waals surface area contributed by atoms with Crippen molar-refractivity contribution in [3.8, 4) is 5.75 Å². The number of hydrogen-bond donors (Lipinski definition) is 1. The second-order valence-electron chi connectivity index (χ2n) is 6.49. The van der Waals surface area contributed by atoms with Gasteiger partial charge in [-0.05, 0) is 35.7 Å². The van der Waals surface area contributed by atoms with Gasteiger partial charge in [0.25, 0.3) is 5.56 Å². The molecule has 0 saturated heterocycles. The summed E-state index contributed by atoms with van der Waals surface area (Å²) in [6.07, 6.45) is 1.49. The van der Waals surface area contributed by atoms with Crippen molar-refractivity contribution in [3.63, 3.8) is 0 Å². The molecule has 0 spiro atoms. The smallest absolute Gasteiger partial charge is 0.332 e. The first-order valence-electron chi connectivity index (χ1n) is 9.11. The Morgan fingerprint density at radius 2 is 2.00 bits per heavy atom. The van der Waals surface area contributed by atoms with E-state index < -0.39 is 17.2 Å². The van der Waals surface area contributed by atoms with Crippen LogP contribution in [0.1, 0.15) is 4.88 Å². The Labute approximate surface area is 175 Å². The summed E-state index contributed by atoms with van der Waals surface area (Å²) in [5, 5.41) is 4.63. The number of rotatable bonds is 6. The van der Waals surface area contributed by atoms with Gasteiger partial charge in [0, 0.05) is 22.8 Å². The van der Waals surface area contributed by atoms with Crippen LogP contribution < -0.4 is 21.3 Å². The van der Waals surface area contributed by atoms with Crippen molar-refractivity contribution in [1.82, 2.24) is 14.1 Å². The van der Waals surface area contributed by atoms with E-state index in [-0.39, 0.29) is 18.6 Å². The molecule has 0 unspecified atom stereocenters. The summed E-state index contributed by atoms with van der Waals surface area (Å²) < 4.78 is 7.54. The molecule has 8 nitrogen and oxygen atoms in total. The van der Waals surface area contributed by atoms with Crippen molar-refractivity contribution in [3.05, 3.63) is 85.8 Å². The van der Waals surface area contributed by atoms with Crippen molar-refractivity contribution < 1.29 is 9.53 Å². The molecule has 4 rings (SSSR count). The molecule has 0 aliphatic rings. The van der Waals surface area contributed by atoms with Crippen LogP contribution in [0.2, 0.25) is 0 Å². The molecule has 0 aliphatic heterocycles. The molecule has 0 aliphatic carbocycles. The van der Waals surface area contributed by atoms with Gasteiger partial charge >= 0.3 is 5.69 Å². The van der Waals surface area contributed by atoms with Crippen LogP contribution in [0, 0.1) is 0 Å². The van der Waals surface area contributed by atoms with Gasteiger partial charge in [-0.3, -0.25) is 18.7 Å². The number of methoxy groups -OCH3 is 1. The molecule has 3 heterocycles. The number of carbonyl (C=O) groups excluding carboxylic acids is 1. The van der Waals surface area contributed by atoms with E-state index in [1.807, 2.05) is 17.5 Å². The number of anilines is 1. The number of amides is 1. The van der Waals surface area contributed by atoms with Crippen LogP contribution in [0.4, 0.5) is 5.69 Å². The zero-order valence-corrected chi connectivity index (χ0v) is 16.9. The molecule has 9 heteroatoms. The van der Waals surface area contributed by atoms with E-state index in [4.69, 9.17) is 4.74 Å². The summed E-state index contributed by atoms with van der Waals surface area (Å²) in [6.45, 7) is -0.137. The Kier molecular flexibility index (Phi) is 5.44. The number of pyridine rings is 1. The molecule has 0 radical (unpaired) electrons. The highest BCUT2D eigenvalue weighted by molar-refractivity contribution is 7.09. The largest absolute Gasteiger partial charge is 0.497 e. The number of hydrogen-bond acceptors (Lipinski definition) is 6. The maximum atomic E-state index is 13.1. The highest BCUT2D eigenvalue weighted by Gasteiger charge is 2.17. The van der Waals surface area contributed by atoms with Gasteiger partial charge in [-0.2, -0.15) is 0 Å². The van der Waals surface area contributed by atoms with Gasteiger partial charge in [0.1, 0.15) is 12.3 Å². The Morgan fingerprint density at radius 3 is 2.77 bits per heavy atom. The minimum Gasteiger partial charge on any atom is -0.497 e. The second kappa shape index (κ2) is 8.34. The Morgan fingerprint density at radius 1 is 1.13 bits per heavy atom. The quantitative estimate of drug-likeness (QED) is 0.515. The van der Waals surface area contributed by atoms with E-state index in [9.17, 15) is 14.4 Å². The molecule has 152 valence electrons. The van der Waals surface area contributed by atoms with Crippen LogP contribution in [-0.4, -0.2) is 27.1 Å². The van der Waals surface area contributed by atoms with Gasteiger partial charge in [-0.15, -0.1) is 11.3 Å². The monoisotopic (exact) mass is 422 g/mol. The third kappa shape index (κ3) is 3.87. The topological polar surface area (TPSA) is 95.2 Å². The normalized spacial score (nSPS) is 10.8. The van der Waals surface area contributed by atoms with Gasteiger partial charge in [0.2, 0.25) is 5.91 Å². The Balaban J connectivity index is 1.73. The number of nitrogens with zero attached hydrogens (tertiary/aromatic N) is 3. The summed E-state index contributed by atoms with van der Waals surface area (Å²) in [5.41, 5.74) is -0.0385. The fourth-order valence-corrected chi connectivity index (χ4v) is 3.83. The van der Waals surface area contributed by atoms with Crippen LogP contribution in [-0.2, 0) is 17.9 Å². The van der Waals surface area contributed by atoms with Crippen molar-refractivity contribution in [1.29, 1.82) is 0 Å². The first-order chi connectivity index (χ1) is 14.6. The van der Waals surface area contributed by atoms with Crippen LogP contribution in [0.5, 0.6) is 5.75 Å². The maximum absolute atomic E-state index is 13.1. The molecule has 30 heavy (non-hydrogen) atoms. The third-order valence-corrected chi connectivity index (χ3v) is 5.40. The highest BCUT2D eigenvalue weighted by Crippen LogP contribution is 2.17. The first-order valence-corrected chi connectivity index (χ1v) is 9.99. The molecular formula is C21H18N4O4S. The number of ether oxygens (including phenoxy) is 1. The minimum atomic E-state index is -0.560. The average molecular weight is 422 g/mol. The molecule has 1 N–H and O–H groups in total. The molecule has 0 saturated carbocycles. The van der Waals surface area contributed by atoms with Gasteiger partial charge < -0.3 is 10.1 Å². The summed E-state index contributed by atoms with van der Waals surface area (Å²) in [5.74, 6) is 0.195. The maximum Gasteiger partial charge on any atom is 0.332 e. The van der Waals surface area contributed by atoms with Crippen LogP contribution >= 0.6 is 11.3 Å². The zero-order valence-electron chi connectivity index (χ0n) is 16.1. The number of carbonyl (C=O) groups is 1. The van der Waals surface area contributed by atoms with E-state index in [1.165, 1.54) is 29.2 Å². The van der Waals surface area contributed by atoms with Gasteiger partial charge in [0.15, 0.2) is 5.52 Å². The molecule has 3 aromatic heterocycles. The summed E-state index contributed by atoms with van der Waals surface area (Å²) in [6, 6.07) is 13.9. The fourth-order valence-electron chi connectivity index (χ4n) is 3.14. The van der Waals surface area contributed by atoms with E-state index >= 15 is 0 Å². The van der Waals surface area contributed by atoms with E-state index in [0.717, 1.165) is 9.44 Å². The number of fused-ring (bicyclic) bond motifs is 1. The second-order valence-corrected chi connectivity index (χ2v) is 7.52. The van der Waals surface area contributed by atoms with Gasteiger partial charge in [-0.25, -0.2) is 9.78 Å². The average Bonchev–Trinajstić information content (AvgIpc) is 3.27. The van der Waals surface area contributed by atoms with Crippen molar-refractivity contribution in [2.75, 3.05) is 12.4 Å². The fraction of sp³-hybridized carbons (Fsp3) is 0.143. The van der Waals surface area contributed by atoms with Gasteiger partial charge in [-0.1, -0.05) is 12.1 Å². The van der Waals surface area contributed by atoms with E-state index in [0.29, 0.717) is 17.0 Å². The Hall–Kier alpha value is -3.72. The van der Waals surface area contributed by atoms with E-state index in [1.54, 1.807) is 36.4 Å². The minimum absolute atomic E-state index is 0.124. The standard InChI is InChI=1S/C21H18N4O4S/c1-29-15-6-2-5-14(11-15)23-18(26)13-24-17-8-3-9-22-19(17)20(27)25(21(24)28)12-16-7-4-10-30-16/h2-11H,12-13H2,1H3,(H,23,26). The number of aromatic nitrogens is 3. The summed E-state index contributed by atoms with van der Waals surface area (Å²) in [7, 11) is 1.54. The van der Waals surface area contributed by atoms with Crippen molar-refractivity contribution in [2.24, 2.45) is 0 Å². The number of benzene rings is 1. The predicted molar refractivity (Wildman–Crippen MR) is 115 cm³/mol. The number of nitrogens with one attached hydrogen (secondary N) is 1. The van der Waals surface area contributed by atoms with Crippen LogP contribution in [0.15, 0.2) is 69.7 Å². The van der Waals surface area contributed by atoms with Crippen LogP contribution in [0.3, 0.4) is 0 Å². The third-order valence-electron chi connectivity index (χ3n) is 4.54. The lowest BCUT2D eigenvalue weighted by atomic mass is 10.3.